The zero-order valence-electron chi connectivity index (χ0n) is 9.86. The summed E-state index contributed by atoms with van der Waals surface area (Å²) in [4.78, 5) is 22.4. The van der Waals surface area contributed by atoms with E-state index in [1.165, 1.54) is 0 Å². The number of hydrogen-bond donors (Lipinski definition) is 3. The van der Waals surface area contributed by atoms with Gasteiger partial charge in [0.1, 0.15) is 5.92 Å². The van der Waals surface area contributed by atoms with Crippen molar-refractivity contribution in [3.63, 3.8) is 0 Å². The van der Waals surface area contributed by atoms with Crippen LogP contribution in [-0.2, 0) is 9.53 Å². The molecule has 1 heterocycles. The number of urea groups is 1. The molecule has 0 aromatic heterocycles. The van der Waals surface area contributed by atoms with Gasteiger partial charge < -0.3 is 20.5 Å². The van der Waals surface area contributed by atoms with Crippen LogP contribution >= 0.6 is 0 Å². The number of aliphatic carboxylic acids is 1. The van der Waals surface area contributed by atoms with Gasteiger partial charge in [-0.25, -0.2) is 4.79 Å². The Morgan fingerprint density at radius 3 is 2.71 bits per heavy atom. The second-order valence-corrected chi connectivity index (χ2v) is 5.23. The van der Waals surface area contributed by atoms with Gasteiger partial charge in [-0.15, -0.1) is 0 Å². The van der Waals surface area contributed by atoms with Crippen molar-refractivity contribution < 1.29 is 19.4 Å². The Hall–Kier alpha value is -1.30. The molecule has 0 spiro atoms. The van der Waals surface area contributed by atoms with Crippen LogP contribution in [-0.4, -0.2) is 42.9 Å². The van der Waals surface area contributed by atoms with E-state index in [9.17, 15) is 9.59 Å². The first-order valence-electron chi connectivity index (χ1n) is 5.85. The van der Waals surface area contributed by atoms with Gasteiger partial charge in [0.2, 0.25) is 0 Å². The van der Waals surface area contributed by atoms with E-state index in [1.54, 1.807) is 0 Å². The monoisotopic (exact) mass is 242 g/mol. The first-order valence-corrected chi connectivity index (χ1v) is 5.85. The predicted molar refractivity (Wildman–Crippen MR) is 59.6 cm³/mol. The van der Waals surface area contributed by atoms with E-state index in [2.05, 4.69) is 17.6 Å². The van der Waals surface area contributed by atoms with Gasteiger partial charge >= 0.3 is 12.0 Å². The minimum atomic E-state index is -0.929. The maximum absolute atomic E-state index is 11.6. The molecule has 2 rings (SSSR count). The van der Waals surface area contributed by atoms with Crippen LogP contribution in [0.3, 0.4) is 0 Å². The van der Waals surface area contributed by atoms with Crippen LogP contribution in [0.2, 0.25) is 0 Å². The van der Waals surface area contributed by atoms with Crippen molar-refractivity contribution in [2.24, 2.45) is 11.3 Å². The fourth-order valence-corrected chi connectivity index (χ4v) is 1.84. The SMILES string of the molecule is CC1(CNC(=O)NC2COCC2C(=O)O)CC1. The highest BCUT2D eigenvalue weighted by atomic mass is 16.5. The van der Waals surface area contributed by atoms with E-state index >= 15 is 0 Å². The number of carboxylic acids is 1. The third-order valence-electron chi connectivity index (χ3n) is 3.49. The second kappa shape index (κ2) is 4.52. The van der Waals surface area contributed by atoms with Crippen molar-refractivity contribution in [3.05, 3.63) is 0 Å². The highest BCUT2D eigenvalue weighted by Crippen LogP contribution is 2.43. The maximum Gasteiger partial charge on any atom is 0.315 e. The summed E-state index contributed by atoms with van der Waals surface area (Å²) in [5.74, 6) is -1.57. The Bertz CT molecular complexity index is 327. The molecule has 2 unspecified atom stereocenters. The summed E-state index contributed by atoms with van der Waals surface area (Å²) in [6.07, 6.45) is 2.27. The third-order valence-corrected chi connectivity index (χ3v) is 3.49. The van der Waals surface area contributed by atoms with Gasteiger partial charge in [0.05, 0.1) is 19.3 Å². The molecule has 2 fully saturated rings. The van der Waals surface area contributed by atoms with Crippen molar-refractivity contribution in [2.45, 2.75) is 25.8 Å². The van der Waals surface area contributed by atoms with Crippen LogP contribution < -0.4 is 10.6 Å². The van der Waals surface area contributed by atoms with Crippen LogP contribution in [0.15, 0.2) is 0 Å². The van der Waals surface area contributed by atoms with Crippen LogP contribution in [0.25, 0.3) is 0 Å². The Morgan fingerprint density at radius 1 is 1.41 bits per heavy atom. The molecule has 0 aromatic carbocycles. The van der Waals surface area contributed by atoms with Gasteiger partial charge in [-0.05, 0) is 18.3 Å². The number of carboxylic acid groups (broad SMARTS) is 1. The molecule has 1 aliphatic heterocycles. The molecule has 96 valence electrons. The summed E-state index contributed by atoms with van der Waals surface area (Å²) in [6.45, 7) is 3.19. The van der Waals surface area contributed by atoms with Crippen LogP contribution in [0, 0.1) is 11.3 Å². The average molecular weight is 242 g/mol. The number of hydrogen-bond acceptors (Lipinski definition) is 3. The summed E-state index contributed by atoms with van der Waals surface area (Å²) in [6, 6.07) is -0.737. The largest absolute Gasteiger partial charge is 0.481 e. The van der Waals surface area contributed by atoms with Gasteiger partial charge in [-0.1, -0.05) is 6.92 Å². The average Bonchev–Trinajstić information content (AvgIpc) is 2.82. The van der Waals surface area contributed by atoms with Crippen molar-refractivity contribution in [2.75, 3.05) is 19.8 Å². The summed E-state index contributed by atoms with van der Waals surface area (Å²) in [7, 11) is 0. The molecular formula is C11H18N2O4. The Labute approximate surface area is 99.7 Å². The normalized spacial score (nSPS) is 29.7. The van der Waals surface area contributed by atoms with Crippen molar-refractivity contribution >= 4 is 12.0 Å². The van der Waals surface area contributed by atoms with E-state index in [0.717, 1.165) is 12.8 Å². The lowest BCUT2D eigenvalue weighted by molar-refractivity contribution is -0.142. The molecule has 1 saturated carbocycles. The first kappa shape index (κ1) is 12.2. The highest BCUT2D eigenvalue weighted by Gasteiger charge is 2.38. The molecule has 1 saturated heterocycles. The quantitative estimate of drug-likeness (QED) is 0.656. The molecule has 6 heteroatoms. The Balaban J connectivity index is 1.75. The van der Waals surface area contributed by atoms with Crippen molar-refractivity contribution in [1.82, 2.24) is 10.6 Å². The van der Waals surface area contributed by atoms with Gasteiger partial charge in [-0.3, -0.25) is 4.79 Å². The van der Waals surface area contributed by atoms with Crippen LogP contribution in [0.1, 0.15) is 19.8 Å². The predicted octanol–water partition coefficient (Wildman–Crippen LogP) is 0.185. The minimum absolute atomic E-state index is 0.165. The molecule has 6 nitrogen and oxygen atoms in total. The maximum atomic E-state index is 11.6. The number of rotatable bonds is 4. The first-order chi connectivity index (χ1) is 8.00. The molecule has 2 amide bonds. The van der Waals surface area contributed by atoms with Crippen molar-refractivity contribution in [1.29, 1.82) is 0 Å². The number of nitrogens with one attached hydrogen (secondary N) is 2. The summed E-state index contributed by atoms with van der Waals surface area (Å²) in [5.41, 5.74) is 0.246. The van der Waals surface area contributed by atoms with Gasteiger partial charge in [0, 0.05) is 6.54 Å². The molecule has 0 bridgehead atoms. The summed E-state index contributed by atoms with van der Waals surface area (Å²) < 4.78 is 5.07. The summed E-state index contributed by atoms with van der Waals surface area (Å²) in [5, 5.41) is 14.3. The smallest absolute Gasteiger partial charge is 0.315 e. The molecular weight excluding hydrogens is 224 g/mol. The lowest BCUT2D eigenvalue weighted by atomic mass is 10.0. The third kappa shape index (κ3) is 3.09. The molecule has 0 radical (unpaired) electrons. The Kier molecular flexibility index (Phi) is 3.24. The number of ether oxygens (including phenoxy) is 1. The highest BCUT2D eigenvalue weighted by molar-refractivity contribution is 5.77. The molecule has 3 N–H and O–H groups in total. The molecule has 17 heavy (non-hydrogen) atoms. The Morgan fingerprint density at radius 2 is 2.12 bits per heavy atom. The second-order valence-electron chi connectivity index (χ2n) is 5.23. The lowest BCUT2D eigenvalue weighted by Gasteiger charge is -2.17. The summed E-state index contributed by atoms with van der Waals surface area (Å²) >= 11 is 0. The topological polar surface area (TPSA) is 87.7 Å². The van der Waals surface area contributed by atoms with E-state index in [1.807, 2.05) is 0 Å². The molecule has 1 aliphatic carbocycles. The van der Waals surface area contributed by atoms with E-state index in [0.29, 0.717) is 6.54 Å². The van der Waals surface area contributed by atoms with Gasteiger partial charge in [0.25, 0.3) is 0 Å². The number of amides is 2. The van der Waals surface area contributed by atoms with E-state index in [-0.39, 0.29) is 24.7 Å². The fraction of sp³-hybridized carbons (Fsp3) is 0.818. The fourth-order valence-electron chi connectivity index (χ4n) is 1.84. The van der Waals surface area contributed by atoms with Crippen molar-refractivity contribution in [3.8, 4) is 0 Å². The molecule has 2 atom stereocenters. The van der Waals surface area contributed by atoms with E-state index < -0.39 is 17.9 Å². The molecule has 0 aromatic rings. The lowest BCUT2D eigenvalue weighted by Crippen LogP contribution is -2.48. The number of carbonyl (C=O) groups excluding carboxylic acids is 1. The number of carbonyl (C=O) groups is 2. The van der Waals surface area contributed by atoms with E-state index in [4.69, 9.17) is 9.84 Å². The standard InChI is InChI=1S/C11H18N2O4/c1-11(2-3-11)6-12-10(16)13-8-5-17-4-7(8)9(14)15/h7-8H,2-6H2,1H3,(H,14,15)(H2,12,13,16). The van der Waals surface area contributed by atoms with Gasteiger partial charge in [0.15, 0.2) is 0 Å². The molecule has 2 aliphatic rings. The van der Waals surface area contributed by atoms with Crippen LogP contribution in [0.4, 0.5) is 4.79 Å². The zero-order valence-corrected chi connectivity index (χ0v) is 9.86. The zero-order chi connectivity index (χ0) is 12.5. The van der Waals surface area contributed by atoms with Crippen LogP contribution in [0.5, 0.6) is 0 Å². The van der Waals surface area contributed by atoms with Gasteiger partial charge in [-0.2, -0.15) is 0 Å². The minimum Gasteiger partial charge on any atom is -0.481 e.